The molecule has 244 valence electrons. The highest BCUT2D eigenvalue weighted by molar-refractivity contribution is 5.69. The number of hydrogen-bond donors (Lipinski definition) is 1. The molecule has 0 radical (unpaired) electrons. The molecule has 0 fully saturated rings. The minimum Gasteiger partial charge on any atom is -0.481 e. The lowest BCUT2D eigenvalue weighted by Crippen LogP contribution is -2.18. The minimum absolute atomic E-state index is 0.0306. The van der Waals surface area contributed by atoms with Gasteiger partial charge in [0.25, 0.3) is 0 Å². The molecule has 0 aliphatic carbocycles. The normalized spacial score (nSPS) is 12.0. The van der Waals surface area contributed by atoms with Crippen LogP contribution in [-0.2, 0) is 14.3 Å². The van der Waals surface area contributed by atoms with Crippen molar-refractivity contribution in [1.82, 2.24) is 0 Å². The Labute approximate surface area is 256 Å². The third-order valence-electron chi connectivity index (χ3n) is 8.58. The number of esters is 1. The monoisotopic (exact) mass is 581 g/mol. The van der Waals surface area contributed by atoms with E-state index in [-0.39, 0.29) is 12.1 Å². The highest BCUT2D eigenvalue weighted by atomic mass is 16.5. The number of unbranched alkanes of at least 4 members (excludes halogenated alkanes) is 25. The summed E-state index contributed by atoms with van der Waals surface area (Å²) in [6.07, 6.45) is 38.3. The molecule has 0 aromatic carbocycles. The summed E-state index contributed by atoms with van der Waals surface area (Å²) in [5.41, 5.74) is 0. The topological polar surface area (TPSA) is 63.6 Å². The van der Waals surface area contributed by atoms with Crippen LogP contribution < -0.4 is 0 Å². The van der Waals surface area contributed by atoms with Crippen LogP contribution in [0.2, 0.25) is 0 Å². The molecule has 0 aliphatic heterocycles. The highest BCUT2D eigenvalue weighted by Gasteiger charge is 2.14. The van der Waals surface area contributed by atoms with Crippen molar-refractivity contribution in [3.05, 3.63) is 0 Å². The smallest absolute Gasteiger partial charge is 0.306 e. The first kappa shape index (κ1) is 39.9. The Hall–Kier alpha value is -1.06. The van der Waals surface area contributed by atoms with Crippen LogP contribution in [0.3, 0.4) is 0 Å². The van der Waals surface area contributed by atoms with Crippen molar-refractivity contribution in [3.63, 3.8) is 0 Å². The maximum atomic E-state index is 12.6. The minimum atomic E-state index is -0.679. The van der Waals surface area contributed by atoms with Gasteiger partial charge >= 0.3 is 11.9 Å². The zero-order valence-corrected chi connectivity index (χ0v) is 27.9. The number of carbonyl (C=O) groups is 2. The maximum absolute atomic E-state index is 12.6. The Kier molecular flexibility index (Phi) is 32.6. The van der Waals surface area contributed by atoms with Gasteiger partial charge in [-0.2, -0.15) is 0 Å². The lowest BCUT2D eigenvalue weighted by Gasteiger charge is -2.18. The van der Waals surface area contributed by atoms with Gasteiger partial charge in [0, 0.05) is 12.8 Å². The summed E-state index contributed by atoms with van der Waals surface area (Å²) in [7, 11) is 0. The molecule has 0 amide bonds. The van der Waals surface area contributed by atoms with E-state index in [4.69, 9.17) is 9.84 Å². The molecule has 4 nitrogen and oxygen atoms in total. The van der Waals surface area contributed by atoms with Crippen molar-refractivity contribution in [2.45, 2.75) is 225 Å². The van der Waals surface area contributed by atoms with Gasteiger partial charge in [0.2, 0.25) is 0 Å². The van der Waals surface area contributed by atoms with Crippen molar-refractivity contribution in [1.29, 1.82) is 0 Å². The van der Waals surface area contributed by atoms with Gasteiger partial charge in [0.1, 0.15) is 6.10 Å². The highest BCUT2D eigenvalue weighted by Crippen LogP contribution is 2.19. The maximum Gasteiger partial charge on any atom is 0.306 e. The van der Waals surface area contributed by atoms with Crippen LogP contribution >= 0.6 is 0 Å². The van der Waals surface area contributed by atoms with Crippen LogP contribution in [-0.4, -0.2) is 23.1 Å². The number of aliphatic carboxylic acids is 1. The number of ether oxygens (including phenoxy) is 1. The summed E-state index contributed by atoms with van der Waals surface area (Å²) in [5.74, 6) is -0.649. The van der Waals surface area contributed by atoms with Crippen molar-refractivity contribution in [3.8, 4) is 0 Å². The number of rotatable bonds is 34. The van der Waals surface area contributed by atoms with Gasteiger partial charge in [-0.3, -0.25) is 9.59 Å². The van der Waals surface area contributed by atoms with Crippen LogP contribution in [0, 0.1) is 0 Å². The fourth-order valence-electron chi connectivity index (χ4n) is 5.83. The predicted octanol–water partition coefficient (Wildman–Crippen LogP) is 12.5. The molecule has 0 spiro atoms. The number of hydrogen-bond acceptors (Lipinski definition) is 3. The summed E-state index contributed by atoms with van der Waals surface area (Å²) in [5, 5.41) is 8.72. The van der Waals surface area contributed by atoms with E-state index in [1.54, 1.807) is 0 Å². The Morgan fingerprint density at radius 2 is 0.732 bits per heavy atom. The fourth-order valence-corrected chi connectivity index (χ4v) is 5.83. The fraction of sp³-hybridized carbons (Fsp3) is 0.946. The molecule has 0 saturated carbocycles. The number of carboxylic acids is 1. The van der Waals surface area contributed by atoms with E-state index in [0.717, 1.165) is 51.4 Å². The van der Waals surface area contributed by atoms with Gasteiger partial charge in [-0.15, -0.1) is 0 Å². The molecule has 0 saturated heterocycles. The summed E-state index contributed by atoms with van der Waals surface area (Å²) < 4.78 is 6.01. The van der Waals surface area contributed by atoms with Crippen LogP contribution in [0.5, 0.6) is 0 Å². The molecule has 0 heterocycles. The second-order valence-electron chi connectivity index (χ2n) is 12.8. The Balaban J connectivity index is 4.01. The zero-order valence-electron chi connectivity index (χ0n) is 27.9. The van der Waals surface area contributed by atoms with Gasteiger partial charge in [-0.25, -0.2) is 0 Å². The van der Waals surface area contributed by atoms with Gasteiger partial charge in [0.15, 0.2) is 0 Å². The molecule has 0 aromatic heterocycles. The standard InChI is InChI=1S/C37H72O4/c1-3-5-7-9-11-13-14-15-16-22-26-30-34-37(40)41-35(31-27-23-19-12-10-8-6-4-2)32-28-24-20-17-18-21-25-29-33-36(38)39/h35H,3-34H2,1-2H3,(H,38,39). The second-order valence-corrected chi connectivity index (χ2v) is 12.8. The van der Waals surface area contributed by atoms with E-state index in [1.165, 1.54) is 141 Å². The summed E-state index contributed by atoms with van der Waals surface area (Å²) in [4.78, 5) is 23.2. The van der Waals surface area contributed by atoms with Crippen molar-refractivity contribution >= 4 is 11.9 Å². The molecule has 1 N–H and O–H groups in total. The van der Waals surface area contributed by atoms with Crippen LogP contribution in [0.1, 0.15) is 219 Å². The van der Waals surface area contributed by atoms with E-state index in [0.29, 0.717) is 12.8 Å². The van der Waals surface area contributed by atoms with Gasteiger partial charge in [0.05, 0.1) is 0 Å². The predicted molar refractivity (Wildman–Crippen MR) is 177 cm³/mol. The van der Waals surface area contributed by atoms with Crippen molar-refractivity contribution in [2.24, 2.45) is 0 Å². The van der Waals surface area contributed by atoms with E-state index in [1.807, 2.05) is 0 Å². The lowest BCUT2D eigenvalue weighted by molar-refractivity contribution is -0.150. The third kappa shape index (κ3) is 33.3. The lowest BCUT2D eigenvalue weighted by atomic mass is 10.0. The van der Waals surface area contributed by atoms with Crippen LogP contribution in [0.4, 0.5) is 0 Å². The summed E-state index contributed by atoms with van der Waals surface area (Å²) in [6, 6.07) is 0. The molecule has 0 rings (SSSR count). The summed E-state index contributed by atoms with van der Waals surface area (Å²) >= 11 is 0. The average molecular weight is 581 g/mol. The first-order valence-corrected chi connectivity index (χ1v) is 18.5. The molecular weight excluding hydrogens is 508 g/mol. The number of carbonyl (C=O) groups excluding carboxylic acids is 1. The Bertz CT molecular complexity index is 547. The largest absolute Gasteiger partial charge is 0.481 e. The van der Waals surface area contributed by atoms with Gasteiger partial charge in [-0.05, 0) is 38.5 Å². The second kappa shape index (κ2) is 33.4. The first-order chi connectivity index (χ1) is 20.1. The van der Waals surface area contributed by atoms with E-state index in [9.17, 15) is 9.59 Å². The van der Waals surface area contributed by atoms with Crippen molar-refractivity contribution in [2.75, 3.05) is 0 Å². The third-order valence-corrected chi connectivity index (χ3v) is 8.58. The molecular formula is C37H72O4. The molecule has 0 aliphatic rings. The number of carboxylic acid groups (broad SMARTS) is 1. The Morgan fingerprint density at radius 3 is 1.07 bits per heavy atom. The molecule has 0 bridgehead atoms. The van der Waals surface area contributed by atoms with E-state index in [2.05, 4.69) is 13.8 Å². The zero-order chi connectivity index (χ0) is 30.1. The molecule has 1 unspecified atom stereocenters. The molecule has 41 heavy (non-hydrogen) atoms. The first-order valence-electron chi connectivity index (χ1n) is 18.5. The van der Waals surface area contributed by atoms with Crippen LogP contribution in [0.15, 0.2) is 0 Å². The molecule has 0 aromatic rings. The SMILES string of the molecule is CCCCCCCCCCCCCCC(=O)OC(CCCCCCCCCC)CCCCCCCCCCC(=O)O. The average Bonchev–Trinajstić information content (AvgIpc) is 2.95. The van der Waals surface area contributed by atoms with Crippen LogP contribution in [0.25, 0.3) is 0 Å². The van der Waals surface area contributed by atoms with E-state index < -0.39 is 5.97 Å². The quantitative estimate of drug-likeness (QED) is 0.0607. The Morgan fingerprint density at radius 1 is 0.439 bits per heavy atom. The summed E-state index contributed by atoms with van der Waals surface area (Å²) in [6.45, 7) is 4.54. The van der Waals surface area contributed by atoms with Crippen molar-refractivity contribution < 1.29 is 19.4 Å². The van der Waals surface area contributed by atoms with E-state index >= 15 is 0 Å². The molecule has 1 atom stereocenters. The van der Waals surface area contributed by atoms with Gasteiger partial charge in [-0.1, -0.05) is 168 Å². The van der Waals surface area contributed by atoms with Gasteiger partial charge < -0.3 is 9.84 Å². The molecule has 4 heteroatoms.